The molecular formula is C21H20FN3O5S. The van der Waals surface area contributed by atoms with Gasteiger partial charge < -0.3 is 14.9 Å². The number of nitrogens with zero attached hydrogens (tertiary/aromatic N) is 3. The number of hydrogen-bond acceptors (Lipinski definition) is 7. The molecule has 2 aromatic carbocycles. The number of aliphatic hydroxyl groups is 2. The molecule has 1 aliphatic heterocycles. The minimum absolute atomic E-state index is 0.0228. The number of nitriles is 2. The Balaban J connectivity index is 1.92. The molecule has 1 aliphatic rings. The highest BCUT2D eigenvalue weighted by Crippen LogP contribution is 2.32. The normalized spacial score (nSPS) is 21.4. The number of ether oxygens (including phenoxy) is 1. The first kappa shape index (κ1) is 22.7. The summed E-state index contributed by atoms with van der Waals surface area (Å²) in [6.45, 7) is 0.264. The highest BCUT2D eigenvalue weighted by molar-refractivity contribution is 7.89. The van der Waals surface area contributed by atoms with E-state index in [4.69, 9.17) is 10.00 Å². The van der Waals surface area contributed by atoms with E-state index >= 15 is 0 Å². The average Bonchev–Trinajstić information content (AvgIpc) is 3.11. The van der Waals surface area contributed by atoms with E-state index in [1.165, 1.54) is 24.3 Å². The number of β-amino-alcohol motifs (C(OH)–C–C–N with tert-alkyl or cyclic N) is 1. The molecule has 8 nitrogen and oxygen atoms in total. The maximum absolute atomic E-state index is 13.9. The fraction of sp³-hybridized carbons (Fsp3) is 0.333. The Labute approximate surface area is 179 Å². The van der Waals surface area contributed by atoms with Gasteiger partial charge in [-0.3, -0.25) is 0 Å². The van der Waals surface area contributed by atoms with Crippen molar-refractivity contribution in [1.82, 2.24) is 4.31 Å². The number of aliphatic hydroxyl groups excluding tert-OH is 1. The first-order chi connectivity index (χ1) is 14.7. The van der Waals surface area contributed by atoms with Gasteiger partial charge in [0.1, 0.15) is 35.4 Å². The third-order valence-electron chi connectivity index (χ3n) is 5.22. The third-order valence-corrected chi connectivity index (χ3v) is 7.09. The van der Waals surface area contributed by atoms with Crippen LogP contribution in [0.5, 0.6) is 5.75 Å². The first-order valence-electron chi connectivity index (χ1n) is 9.41. The molecule has 2 atom stereocenters. The molecule has 10 heteroatoms. The largest absolute Gasteiger partial charge is 0.486 e. The standard InChI is InChI=1S/C21H20FN3O5S/c1-2-14-3-6-19(16(7-14)10-24)31(28,29)25-11-20(21(27,12-25)13-26)30-17-5-4-15(9-23)18(22)8-17/h3-8,20,26-27H,2,11-13H2,1H3/t20?,21-/m1/s1. The number of sulfonamides is 1. The zero-order chi connectivity index (χ0) is 22.8. The minimum Gasteiger partial charge on any atom is -0.486 e. The topological polar surface area (TPSA) is 135 Å². The molecule has 1 unspecified atom stereocenters. The molecule has 2 aromatic rings. The molecule has 0 saturated carbocycles. The summed E-state index contributed by atoms with van der Waals surface area (Å²) in [4.78, 5) is -0.211. The van der Waals surface area contributed by atoms with Gasteiger partial charge in [-0.1, -0.05) is 13.0 Å². The molecule has 0 bridgehead atoms. The molecule has 31 heavy (non-hydrogen) atoms. The maximum Gasteiger partial charge on any atom is 0.244 e. The van der Waals surface area contributed by atoms with Crippen LogP contribution in [0.2, 0.25) is 0 Å². The minimum atomic E-state index is -4.19. The summed E-state index contributed by atoms with van der Waals surface area (Å²) in [6.07, 6.45) is -0.583. The number of rotatable bonds is 6. The van der Waals surface area contributed by atoms with Crippen LogP contribution >= 0.6 is 0 Å². The van der Waals surface area contributed by atoms with Crippen molar-refractivity contribution in [2.75, 3.05) is 19.7 Å². The lowest BCUT2D eigenvalue weighted by molar-refractivity contribution is -0.0641. The molecule has 1 heterocycles. The van der Waals surface area contributed by atoms with E-state index in [-0.39, 0.29) is 28.3 Å². The Kier molecular flexibility index (Phi) is 6.30. The third kappa shape index (κ3) is 4.24. The van der Waals surface area contributed by atoms with Crippen LogP contribution in [-0.4, -0.2) is 54.3 Å². The van der Waals surface area contributed by atoms with Gasteiger partial charge in [0.05, 0.1) is 29.2 Å². The van der Waals surface area contributed by atoms with Crippen LogP contribution in [0.1, 0.15) is 23.6 Å². The molecule has 1 saturated heterocycles. The highest BCUT2D eigenvalue weighted by Gasteiger charge is 2.51. The molecule has 162 valence electrons. The lowest BCUT2D eigenvalue weighted by Gasteiger charge is -2.27. The zero-order valence-electron chi connectivity index (χ0n) is 16.6. The van der Waals surface area contributed by atoms with Crippen LogP contribution in [-0.2, 0) is 16.4 Å². The molecule has 0 spiro atoms. The Morgan fingerprint density at radius 1 is 1.23 bits per heavy atom. The quantitative estimate of drug-likeness (QED) is 0.684. The lowest BCUT2D eigenvalue weighted by Crippen LogP contribution is -2.48. The van der Waals surface area contributed by atoms with Crippen LogP contribution in [0, 0.1) is 28.5 Å². The van der Waals surface area contributed by atoms with Gasteiger partial charge >= 0.3 is 0 Å². The summed E-state index contributed by atoms with van der Waals surface area (Å²) in [5.41, 5.74) is -1.37. The molecular weight excluding hydrogens is 425 g/mol. The molecule has 2 N–H and O–H groups in total. The van der Waals surface area contributed by atoms with Crippen molar-refractivity contribution in [3.63, 3.8) is 0 Å². The van der Waals surface area contributed by atoms with Gasteiger partial charge in [-0.05, 0) is 36.2 Å². The second-order valence-corrected chi connectivity index (χ2v) is 9.12. The van der Waals surface area contributed by atoms with Crippen LogP contribution in [0.25, 0.3) is 0 Å². The van der Waals surface area contributed by atoms with Crippen LogP contribution < -0.4 is 4.74 Å². The molecule has 0 radical (unpaired) electrons. The number of benzene rings is 2. The SMILES string of the molecule is CCc1ccc(S(=O)(=O)N2CC(Oc3ccc(C#N)c(F)c3)[C@](O)(CO)C2)c(C#N)c1. The highest BCUT2D eigenvalue weighted by atomic mass is 32.2. The summed E-state index contributed by atoms with van der Waals surface area (Å²) < 4.78 is 46.8. The van der Waals surface area contributed by atoms with Gasteiger partial charge in [-0.2, -0.15) is 14.8 Å². The van der Waals surface area contributed by atoms with Crippen molar-refractivity contribution in [1.29, 1.82) is 10.5 Å². The Morgan fingerprint density at radius 2 is 1.94 bits per heavy atom. The smallest absolute Gasteiger partial charge is 0.244 e. The molecule has 3 rings (SSSR count). The van der Waals surface area contributed by atoms with Gasteiger partial charge in [0.2, 0.25) is 10.0 Å². The summed E-state index contributed by atoms with van der Waals surface area (Å²) in [7, 11) is -4.19. The van der Waals surface area contributed by atoms with E-state index in [9.17, 15) is 28.3 Å². The Bertz CT molecular complexity index is 1190. The van der Waals surface area contributed by atoms with Crippen molar-refractivity contribution in [2.24, 2.45) is 0 Å². The molecule has 0 aromatic heterocycles. The molecule has 1 fully saturated rings. The monoisotopic (exact) mass is 445 g/mol. The fourth-order valence-corrected chi connectivity index (χ4v) is 5.01. The number of aryl methyl sites for hydroxylation is 1. The van der Waals surface area contributed by atoms with Crippen molar-refractivity contribution in [3.8, 4) is 17.9 Å². The van der Waals surface area contributed by atoms with Crippen LogP contribution in [0.15, 0.2) is 41.3 Å². The number of hydrogen-bond donors (Lipinski definition) is 2. The van der Waals surface area contributed by atoms with Gasteiger partial charge in [0.15, 0.2) is 0 Å². The summed E-state index contributed by atoms with van der Waals surface area (Å²) >= 11 is 0. The van der Waals surface area contributed by atoms with Crippen molar-refractivity contribution < 1.29 is 27.8 Å². The summed E-state index contributed by atoms with van der Waals surface area (Å²) in [6, 6.07) is 11.5. The van der Waals surface area contributed by atoms with Gasteiger partial charge in [-0.15, -0.1) is 0 Å². The maximum atomic E-state index is 13.9. The van der Waals surface area contributed by atoms with Crippen molar-refractivity contribution in [2.45, 2.75) is 29.9 Å². The van der Waals surface area contributed by atoms with E-state index in [1.54, 1.807) is 12.1 Å². The van der Waals surface area contributed by atoms with E-state index in [0.29, 0.717) is 6.42 Å². The lowest BCUT2D eigenvalue weighted by atomic mass is 10.0. The van der Waals surface area contributed by atoms with Crippen LogP contribution in [0.4, 0.5) is 4.39 Å². The average molecular weight is 445 g/mol. The Morgan fingerprint density at radius 3 is 2.52 bits per heavy atom. The van der Waals surface area contributed by atoms with Gasteiger partial charge in [-0.25, -0.2) is 12.8 Å². The first-order valence-corrected chi connectivity index (χ1v) is 10.8. The molecule has 0 aliphatic carbocycles. The zero-order valence-corrected chi connectivity index (χ0v) is 17.4. The van der Waals surface area contributed by atoms with E-state index < -0.39 is 40.7 Å². The van der Waals surface area contributed by atoms with Gasteiger partial charge in [0, 0.05) is 12.6 Å². The van der Waals surface area contributed by atoms with Crippen molar-refractivity contribution in [3.05, 3.63) is 58.9 Å². The van der Waals surface area contributed by atoms with Crippen LogP contribution in [0.3, 0.4) is 0 Å². The van der Waals surface area contributed by atoms with Gasteiger partial charge in [0.25, 0.3) is 0 Å². The number of halogens is 1. The molecule has 0 amide bonds. The predicted molar refractivity (Wildman–Crippen MR) is 107 cm³/mol. The van der Waals surface area contributed by atoms with E-state index in [2.05, 4.69) is 0 Å². The second-order valence-electron chi connectivity index (χ2n) is 7.22. The Hall–Kier alpha value is -3.02. The summed E-state index contributed by atoms with van der Waals surface area (Å²) in [5.74, 6) is -0.859. The second kappa shape index (κ2) is 8.61. The van der Waals surface area contributed by atoms with E-state index in [0.717, 1.165) is 15.9 Å². The van der Waals surface area contributed by atoms with Crippen molar-refractivity contribution >= 4 is 10.0 Å². The predicted octanol–water partition coefficient (Wildman–Crippen LogP) is 1.31. The van der Waals surface area contributed by atoms with E-state index in [1.807, 2.05) is 13.0 Å². The summed E-state index contributed by atoms with van der Waals surface area (Å²) in [5, 5.41) is 38.7. The fourth-order valence-electron chi connectivity index (χ4n) is 3.38.